The Morgan fingerprint density at radius 1 is 1.00 bits per heavy atom. The van der Waals surface area contributed by atoms with Crippen LogP contribution >= 0.6 is 0 Å². The minimum absolute atomic E-state index is 0.0362. The molecule has 40 heavy (non-hydrogen) atoms. The van der Waals surface area contributed by atoms with Gasteiger partial charge in [0.15, 0.2) is 24.0 Å². The molecule has 0 radical (unpaired) electrons. The SMILES string of the molecule is Cc1nc(-c2oc3cnccc3c2Nc2ccc3c(OCOCc4ccccc4)cccc3c2)ncc1C(=O)O. The van der Waals surface area contributed by atoms with Crippen LogP contribution in [-0.2, 0) is 11.3 Å². The van der Waals surface area contributed by atoms with Gasteiger partial charge >= 0.3 is 5.97 Å². The molecular formula is C31H24N4O5. The van der Waals surface area contributed by atoms with Crippen LogP contribution in [0.2, 0.25) is 0 Å². The molecular weight excluding hydrogens is 508 g/mol. The topological polar surface area (TPSA) is 120 Å². The van der Waals surface area contributed by atoms with E-state index in [9.17, 15) is 9.90 Å². The Kier molecular flexibility index (Phi) is 6.78. The van der Waals surface area contributed by atoms with Gasteiger partial charge in [0, 0.05) is 28.9 Å². The van der Waals surface area contributed by atoms with Crippen LogP contribution in [0.25, 0.3) is 33.3 Å². The zero-order valence-corrected chi connectivity index (χ0v) is 21.5. The number of aryl methyl sites for hydroxylation is 1. The van der Waals surface area contributed by atoms with Crippen molar-refractivity contribution in [2.24, 2.45) is 0 Å². The fourth-order valence-electron chi connectivity index (χ4n) is 4.46. The van der Waals surface area contributed by atoms with E-state index < -0.39 is 5.97 Å². The van der Waals surface area contributed by atoms with Crippen molar-refractivity contribution in [1.82, 2.24) is 15.0 Å². The number of anilines is 2. The number of rotatable bonds is 9. The van der Waals surface area contributed by atoms with Gasteiger partial charge in [-0.1, -0.05) is 42.5 Å². The van der Waals surface area contributed by atoms with Gasteiger partial charge in [0.25, 0.3) is 0 Å². The van der Waals surface area contributed by atoms with E-state index in [-0.39, 0.29) is 18.2 Å². The number of hydrogen-bond donors (Lipinski definition) is 2. The van der Waals surface area contributed by atoms with Crippen molar-refractivity contribution in [1.29, 1.82) is 0 Å². The highest BCUT2D eigenvalue weighted by molar-refractivity contribution is 6.00. The molecule has 198 valence electrons. The van der Waals surface area contributed by atoms with Crippen LogP contribution in [0.1, 0.15) is 21.6 Å². The van der Waals surface area contributed by atoms with Crippen molar-refractivity contribution in [3.63, 3.8) is 0 Å². The molecule has 6 rings (SSSR count). The molecule has 0 saturated carbocycles. The number of pyridine rings is 1. The van der Waals surface area contributed by atoms with Gasteiger partial charge in [-0.3, -0.25) is 4.98 Å². The summed E-state index contributed by atoms with van der Waals surface area (Å²) in [5.41, 5.74) is 3.48. The van der Waals surface area contributed by atoms with Crippen LogP contribution < -0.4 is 10.1 Å². The second kappa shape index (κ2) is 10.8. The predicted molar refractivity (Wildman–Crippen MR) is 151 cm³/mol. The molecule has 9 heteroatoms. The van der Waals surface area contributed by atoms with E-state index in [1.807, 2.05) is 72.8 Å². The second-order valence-electron chi connectivity index (χ2n) is 9.09. The molecule has 2 N–H and O–H groups in total. The van der Waals surface area contributed by atoms with Crippen LogP contribution in [0.15, 0.2) is 95.8 Å². The van der Waals surface area contributed by atoms with E-state index in [1.165, 1.54) is 6.20 Å². The lowest BCUT2D eigenvalue weighted by molar-refractivity contribution is 0.00589. The molecule has 0 saturated heterocycles. The van der Waals surface area contributed by atoms with E-state index in [4.69, 9.17) is 13.9 Å². The normalized spacial score (nSPS) is 11.1. The molecule has 3 aromatic carbocycles. The maximum atomic E-state index is 11.4. The molecule has 0 unspecified atom stereocenters. The maximum absolute atomic E-state index is 11.4. The summed E-state index contributed by atoms with van der Waals surface area (Å²) in [4.78, 5) is 24.3. The lowest BCUT2D eigenvalue weighted by Gasteiger charge is -2.12. The lowest BCUT2D eigenvalue weighted by Crippen LogP contribution is -2.04. The average molecular weight is 533 g/mol. The fraction of sp³-hybridized carbons (Fsp3) is 0.0968. The van der Waals surface area contributed by atoms with Crippen LogP contribution in [0, 0.1) is 6.92 Å². The first-order chi connectivity index (χ1) is 19.6. The third-order valence-electron chi connectivity index (χ3n) is 6.42. The number of ether oxygens (including phenoxy) is 2. The number of nitrogens with zero attached hydrogens (tertiary/aromatic N) is 3. The quantitative estimate of drug-likeness (QED) is 0.154. The van der Waals surface area contributed by atoms with Crippen LogP contribution in [0.5, 0.6) is 5.75 Å². The number of carboxylic acids is 1. The summed E-state index contributed by atoms with van der Waals surface area (Å²) < 4.78 is 17.7. The molecule has 0 spiro atoms. The van der Waals surface area contributed by atoms with Crippen molar-refractivity contribution < 1.29 is 23.8 Å². The molecule has 0 aliphatic rings. The van der Waals surface area contributed by atoms with Gasteiger partial charge in [0.05, 0.1) is 29.7 Å². The van der Waals surface area contributed by atoms with Crippen molar-refractivity contribution in [3.8, 4) is 17.3 Å². The standard InChI is InChI=1S/C31H24N4O5/c1-19-25(31(36)37)15-33-30(34-19)29-28(24-12-13-32-16-27(24)40-29)35-22-10-11-23-21(14-22)8-5-9-26(23)39-18-38-17-20-6-3-2-4-7-20/h2-16,35H,17-18H2,1H3,(H,36,37). The minimum Gasteiger partial charge on any atom is -0.478 e. The summed E-state index contributed by atoms with van der Waals surface area (Å²) in [5.74, 6) is 0.294. The molecule has 9 nitrogen and oxygen atoms in total. The van der Waals surface area contributed by atoms with E-state index in [1.54, 1.807) is 19.3 Å². The molecule has 6 aromatic rings. The van der Waals surface area contributed by atoms with Gasteiger partial charge in [-0.05, 0) is 48.2 Å². The van der Waals surface area contributed by atoms with E-state index in [0.29, 0.717) is 29.3 Å². The Hall–Kier alpha value is -5.28. The number of furan rings is 1. The number of nitrogens with one attached hydrogen (secondary N) is 1. The summed E-state index contributed by atoms with van der Waals surface area (Å²) >= 11 is 0. The molecule has 0 aliphatic heterocycles. The number of hydrogen-bond acceptors (Lipinski definition) is 8. The van der Waals surface area contributed by atoms with Crippen molar-refractivity contribution in [2.45, 2.75) is 13.5 Å². The van der Waals surface area contributed by atoms with Crippen molar-refractivity contribution in [2.75, 3.05) is 12.1 Å². The molecule has 0 atom stereocenters. The molecule has 0 aliphatic carbocycles. The lowest BCUT2D eigenvalue weighted by atomic mass is 10.1. The Morgan fingerprint density at radius 3 is 2.70 bits per heavy atom. The fourth-order valence-corrected chi connectivity index (χ4v) is 4.46. The number of carboxylic acid groups (broad SMARTS) is 1. The number of aromatic carboxylic acids is 1. The molecule has 3 aromatic heterocycles. The maximum Gasteiger partial charge on any atom is 0.339 e. The second-order valence-corrected chi connectivity index (χ2v) is 9.09. The van der Waals surface area contributed by atoms with Crippen LogP contribution in [0.3, 0.4) is 0 Å². The Bertz CT molecular complexity index is 1840. The van der Waals surface area contributed by atoms with E-state index >= 15 is 0 Å². The highest BCUT2D eigenvalue weighted by Gasteiger charge is 2.21. The summed E-state index contributed by atoms with van der Waals surface area (Å²) in [6.07, 6.45) is 4.58. The monoisotopic (exact) mass is 532 g/mol. The molecule has 0 amide bonds. The summed E-state index contributed by atoms with van der Waals surface area (Å²) in [6, 6.07) is 23.6. The number of aromatic nitrogens is 3. The Morgan fingerprint density at radius 2 is 1.88 bits per heavy atom. The summed E-state index contributed by atoms with van der Waals surface area (Å²) in [6.45, 7) is 2.23. The minimum atomic E-state index is -1.08. The first kappa shape index (κ1) is 25.0. The highest BCUT2D eigenvalue weighted by Crippen LogP contribution is 2.39. The Labute approximate surface area is 229 Å². The summed E-state index contributed by atoms with van der Waals surface area (Å²) in [5, 5.41) is 15.5. The first-order valence-electron chi connectivity index (χ1n) is 12.5. The number of carbonyl (C=O) groups is 1. The first-order valence-corrected chi connectivity index (χ1v) is 12.5. The third kappa shape index (κ3) is 5.05. The van der Waals surface area contributed by atoms with E-state index in [2.05, 4.69) is 20.3 Å². The molecule has 3 heterocycles. The number of fused-ring (bicyclic) bond motifs is 2. The van der Waals surface area contributed by atoms with Gasteiger partial charge in [0.1, 0.15) is 5.75 Å². The molecule has 0 bridgehead atoms. The van der Waals surface area contributed by atoms with Crippen molar-refractivity contribution >= 4 is 39.1 Å². The number of benzene rings is 3. The van der Waals surface area contributed by atoms with Crippen molar-refractivity contribution in [3.05, 3.63) is 108 Å². The smallest absolute Gasteiger partial charge is 0.339 e. The zero-order chi connectivity index (χ0) is 27.5. The zero-order valence-electron chi connectivity index (χ0n) is 21.5. The van der Waals surface area contributed by atoms with Gasteiger partial charge in [-0.15, -0.1) is 0 Å². The van der Waals surface area contributed by atoms with Gasteiger partial charge in [-0.2, -0.15) is 0 Å². The van der Waals surface area contributed by atoms with E-state index in [0.717, 1.165) is 33.2 Å². The van der Waals surface area contributed by atoms with Gasteiger partial charge in [0.2, 0.25) is 0 Å². The predicted octanol–water partition coefficient (Wildman–Crippen LogP) is 6.74. The third-order valence-corrected chi connectivity index (χ3v) is 6.42. The average Bonchev–Trinajstić information content (AvgIpc) is 3.33. The van der Waals surface area contributed by atoms with Gasteiger partial charge in [-0.25, -0.2) is 14.8 Å². The van der Waals surface area contributed by atoms with Crippen LogP contribution in [0.4, 0.5) is 11.4 Å². The highest BCUT2D eigenvalue weighted by atomic mass is 16.7. The molecule has 0 fully saturated rings. The summed E-state index contributed by atoms with van der Waals surface area (Å²) in [7, 11) is 0. The largest absolute Gasteiger partial charge is 0.478 e. The van der Waals surface area contributed by atoms with Crippen LogP contribution in [-0.4, -0.2) is 32.8 Å². The van der Waals surface area contributed by atoms with Gasteiger partial charge < -0.3 is 24.3 Å². The Balaban J connectivity index is 1.27.